The molecular weight excluding hydrogens is 380 g/mol. The third-order valence-corrected chi connectivity index (χ3v) is 5.51. The van der Waals surface area contributed by atoms with E-state index in [9.17, 15) is 0 Å². The summed E-state index contributed by atoms with van der Waals surface area (Å²) in [6.45, 7) is 4.50. The van der Waals surface area contributed by atoms with E-state index in [0.717, 1.165) is 52.0 Å². The summed E-state index contributed by atoms with van der Waals surface area (Å²) in [7, 11) is 1.66. The normalized spacial score (nSPS) is 19.6. The molecule has 0 unspecified atom stereocenters. The number of furan rings is 1. The molecule has 2 aliphatic heterocycles. The lowest BCUT2D eigenvalue weighted by atomic mass is 9.97. The first kappa shape index (κ1) is 18.6. The first-order chi connectivity index (χ1) is 14.7. The second-order valence-corrected chi connectivity index (χ2v) is 7.41. The molecule has 0 fully saturated rings. The summed E-state index contributed by atoms with van der Waals surface area (Å²) in [5.41, 5.74) is 3.00. The van der Waals surface area contributed by atoms with Gasteiger partial charge in [0.2, 0.25) is 6.23 Å². The van der Waals surface area contributed by atoms with Gasteiger partial charge in [-0.05, 0) is 56.3 Å². The molecule has 0 saturated carbocycles. The van der Waals surface area contributed by atoms with Crippen LogP contribution in [0.5, 0.6) is 17.2 Å². The number of hydrogen-bond donors (Lipinski definition) is 0. The molecule has 0 saturated heterocycles. The van der Waals surface area contributed by atoms with E-state index in [4.69, 9.17) is 23.7 Å². The van der Waals surface area contributed by atoms with Gasteiger partial charge >= 0.3 is 0 Å². The van der Waals surface area contributed by atoms with E-state index in [1.165, 1.54) is 0 Å². The molecule has 3 heterocycles. The maximum atomic E-state index is 6.50. The third-order valence-electron chi connectivity index (χ3n) is 5.51. The smallest absolute Gasteiger partial charge is 0.214 e. The Bertz CT molecular complexity index is 1090. The van der Waals surface area contributed by atoms with Crippen LogP contribution >= 0.6 is 0 Å². The predicted molar refractivity (Wildman–Crippen MR) is 113 cm³/mol. The molecule has 0 N–H and O–H groups in total. The van der Waals surface area contributed by atoms with E-state index in [1.54, 1.807) is 7.11 Å². The van der Waals surface area contributed by atoms with Gasteiger partial charge in [0.15, 0.2) is 11.5 Å². The van der Waals surface area contributed by atoms with Crippen LogP contribution < -0.4 is 14.2 Å². The molecule has 3 aromatic rings. The molecule has 2 aliphatic rings. The van der Waals surface area contributed by atoms with Crippen LogP contribution in [0.15, 0.2) is 64.1 Å². The van der Waals surface area contributed by atoms with Crippen LogP contribution in [0.1, 0.15) is 48.3 Å². The van der Waals surface area contributed by atoms with Crippen molar-refractivity contribution in [1.82, 2.24) is 5.01 Å². The molecular formula is C24H24N2O4. The Morgan fingerprint density at radius 1 is 1.10 bits per heavy atom. The standard InChI is InChI=1S/C24H24N2O4/c1-4-28-22-7-5-6-18-20-14-19(21-13-8-15(2)29-21)25-26(20)24(30-23(18)22)16-9-11-17(27-3)12-10-16/h5-13,20,24H,4,14H2,1-3H3/t20-,24-/m0/s1. The van der Waals surface area contributed by atoms with Crippen LogP contribution in [0.25, 0.3) is 0 Å². The molecule has 1 aromatic heterocycles. The lowest BCUT2D eigenvalue weighted by Gasteiger charge is -2.38. The molecule has 0 radical (unpaired) electrons. The maximum Gasteiger partial charge on any atom is 0.214 e. The van der Waals surface area contributed by atoms with Gasteiger partial charge < -0.3 is 18.6 Å². The monoisotopic (exact) mass is 404 g/mol. The van der Waals surface area contributed by atoms with Gasteiger partial charge in [-0.2, -0.15) is 5.10 Å². The second kappa shape index (κ2) is 7.44. The van der Waals surface area contributed by atoms with Crippen molar-refractivity contribution in [2.24, 2.45) is 5.10 Å². The Labute approximate surface area is 175 Å². The zero-order chi connectivity index (χ0) is 20.7. The largest absolute Gasteiger partial charge is 0.497 e. The quantitative estimate of drug-likeness (QED) is 0.582. The van der Waals surface area contributed by atoms with Gasteiger partial charge in [0.25, 0.3) is 0 Å². The molecule has 0 amide bonds. The molecule has 154 valence electrons. The summed E-state index contributed by atoms with van der Waals surface area (Å²) in [4.78, 5) is 0. The van der Waals surface area contributed by atoms with Gasteiger partial charge in [-0.1, -0.05) is 12.1 Å². The lowest BCUT2D eigenvalue weighted by Crippen LogP contribution is -2.33. The minimum Gasteiger partial charge on any atom is -0.497 e. The highest BCUT2D eigenvalue weighted by atomic mass is 16.5. The molecule has 6 heteroatoms. The number of rotatable bonds is 5. The van der Waals surface area contributed by atoms with Gasteiger partial charge in [0.05, 0.1) is 19.8 Å². The number of methoxy groups -OCH3 is 1. The number of hydrogen-bond acceptors (Lipinski definition) is 6. The fraction of sp³-hybridized carbons (Fsp3) is 0.292. The van der Waals surface area contributed by atoms with Crippen LogP contribution in [0.4, 0.5) is 0 Å². The zero-order valence-corrected chi connectivity index (χ0v) is 17.3. The molecule has 0 aliphatic carbocycles. The van der Waals surface area contributed by atoms with Gasteiger partial charge in [0, 0.05) is 17.5 Å². The molecule has 6 nitrogen and oxygen atoms in total. The predicted octanol–water partition coefficient (Wildman–Crippen LogP) is 5.24. The summed E-state index contributed by atoms with van der Waals surface area (Å²) in [5, 5.41) is 6.96. The molecule has 2 aromatic carbocycles. The zero-order valence-electron chi connectivity index (χ0n) is 17.3. The highest BCUT2D eigenvalue weighted by Crippen LogP contribution is 2.50. The van der Waals surface area contributed by atoms with Crippen molar-refractivity contribution in [2.75, 3.05) is 13.7 Å². The molecule has 30 heavy (non-hydrogen) atoms. The fourth-order valence-electron chi connectivity index (χ4n) is 4.08. The summed E-state index contributed by atoms with van der Waals surface area (Å²) >= 11 is 0. The number of aryl methyl sites for hydroxylation is 1. The van der Waals surface area contributed by atoms with Gasteiger partial charge in [-0.3, -0.25) is 0 Å². The minimum atomic E-state index is -0.372. The Balaban J connectivity index is 1.59. The van der Waals surface area contributed by atoms with Crippen LogP contribution in [-0.2, 0) is 0 Å². The summed E-state index contributed by atoms with van der Waals surface area (Å²) in [5.74, 6) is 4.03. The van der Waals surface area contributed by atoms with E-state index in [0.29, 0.717) is 6.61 Å². The van der Waals surface area contributed by atoms with E-state index < -0.39 is 0 Å². The Morgan fingerprint density at radius 3 is 2.63 bits per heavy atom. The van der Waals surface area contributed by atoms with Crippen molar-refractivity contribution in [3.8, 4) is 17.2 Å². The number of fused-ring (bicyclic) bond motifs is 3. The number of ether oxygens (including phenoxy) is 3. The van der Waals surface area contributed by atoms with Crippen LogP contribution in [0, 0.1) is 6.92 Å². The maximum absolute atomic E-state index is 6.50. The number of hydrazone groups is 1. The minimum absolute atomic E-state index is 0.0432. The van der Waals surface area contributed by atoms with E-state index in [2.05, 4.69) is 6.07 Å². The fourth-order valence-corrected chi connectivity index (χ4v) is 4.08. The average Bonchev–Trinajstić information content (AvgIpc) is 3.40. The molecule has 2 atom stereocenters. The SMILES string of the molecule is CCOc1cccc2c1O[C@@H](c1ccc(OC)cc1)N1N=C(c3ccc(C)o3)C[C@@H]21. The second-order valence-electron chi connectivity index (χ2n) is 7.41. The number of nitrogens with zero attached hydrogens (tertiary/aromatic N) is 2. The summed E-state index contributed by atoms with van der Waals surface area (Å²) in [6, 6.07) is 17.9. The first-order valence-corrected chi connectivity index (χ1v) is 10.2. The molecule has 0 spiro atoms. The highest BCUT2D eigenvalue weighted by molar-refractivity contribution is 5.99. The topological polar surface area (TPSA) is 56.4 Å². The Morgan fingerprint density at radius 2 is 1.93 bits per heavy atom. The van der Waals surface area contributed by atoms with E-state index >= 15 is 0 Å². The first-order valence-electron chi connectivity index (χ1n) is 10.2. The number of para-hydroxylation sites is 1. The van der Waals surface area contributed by atoms with Crippen LogP contribution in [0.3, 0.4) is 0 Å². The Hall–Kier alpha value is -3.41. The van der Waals surface area contributed by atoms with Gasteiger partial charge in [0.1, 0.15) is 23.0 Å². The summed E-state index contributed by atoms with van der Waals surface area (Å²) in [6.07, 6.45) is 0.370. The average molecular weight is 404 g/mol. The van der Waals surface area contributed by atoms with Crippen molar-refractivity contribution >= 4 is 5.71 Å². The van der Waals surface area contributed by atoms with E-state index in [1.807, 2.05) is 67.4 Å². The van der Waals surface area contributed by atoms with Gasteiger partial charge in [-0.25, -0.2) is 5.01 Å². The van der Waals surface area contributed by atoms with E-state index in [-0.39, 0.29) is 12.3 Å². The lowest BCUT2D eigenvalue weighted by molar-refractivity contribution is -0.0212. The molecule has 5 rings (SSSR count). The number of benzene rings is 2. The Kier molecular flexibility index (Phi) is 4.62. The van der Waals surface area contributed by atoms with Crippen LogP contribution in [0.2, 0.25) is 0 Å². The molecule has 0 bridgehead atoms. The van der Waals surface area contributed by atoms with Crippen molar-refractivity contribution < 1.29 is 18.6 Å². The third kappa shape index (κ3) is 3.09. The van der Waals surface area contributed by atoms with Crippen molar-refractivity contribution in [3.05, 3.63) is 77.2 Å². The highest BCUT2D eigenvalue weighted by Gasteiger charge is 2.42. The van der Waals surface area contributed by atoms with Gasteiger partial charge in [-0.15, -0.1) is 0 Å². The summed E-state index contributed by atoms with van der Waals surface area (Å²) < 4.78 is 23.5. The van der Waals surface area contributed by atoms with Crippen molar-refractivity contribution in [2.45, 2.75) is 32.5 Å². The van der Waals surface area contributed by atoms with Crippen LogP contribution in [-0.4, -0.2) is 24.4 Å². The van der Waals surface area contributed by atoms with Crippen molar-refractivity contribution in [1.29, 1.82) is 0 Å². The van der Waals surface area contributed by atoms with Crippen molar-refractivity contribution in [3.63, 3.8) is 0 Å².